The van der Waals surface area contributed by atoms with E-state index in [0.29, 0.717) is 19.1 Å². The smallest absolute Gasteiger partial charge is 0.208 e. The van der Waals surface area contributed by atoms with Gasteiger partial charge in [-0.1, -0.05) is 6.42 Å². The maximum absolute atomic E-state index is 11.4. The number of morpholine rings is 1. The summed E-state index contributed by atoms with van der Waals surface area (Å²) in [4.78, 5) is 6.50. The number of rotatable bonds is 4. The van der Waals surface area contributed by atoms with Crippen molar-refractivity contribution in [1.82, 2.24) is 9.62 Å². The first-order valence-corrected chi connectivity index (χ1v) is 9.38. The van der Waals surface area contributed by atoms with E-state index in [4.69, 9.17) is 10.5 Å². The Hall–Kier alpha value is -0.860. The van der Waals surface area contributed by atoms with Gasteiger partial charge in [-0.2, -0.15) is 0 Å². The van der Waals surface area contributed by atoms with Gasteiger partial charge in [-0.05, 0) is 25.7 Å². The van der Waals surface area contributed by atoms with Crippen LogP contribution in [0.5, 0.6) is 0 Å². The molecule has 0 aromatic heterocycles. The Balaban J connectivity index is 1.89. The second-order valence-electron chi connectivity index (χ2n) is 6.01. The molecule has 3 N–H and O–H groups in total. The lowest BCUT2D eigenvalue weighted by atomic mass is 10.1. The first-order valence-electron chi connectivity index (χ1n) is 7.49. The molecule has 0 aromatic rings. The SMILES string of the molecule is CC1CN(C(N)=NCC2CCCC2NS(C)(=O)=O)CCO1. The normalized spacial score (nSPS) is 31.6. The predicted octanol–water partition coefficient (Wildman–Crippen LogP) is -0.260. The minimum absolute atomic E-state index is 0.0137. The van der Waals surface area contributed by atoms with Crippen molar-refractivity contribution in [2.45, 2.75) is 38.3 Å². The van der Waals surface area contributed by atoms with Crippen molar-refractivity contribution in [3.8, 4) is 0 Å². The van der Waals surface area contributed by atoms with Gasteiger partial charge in [0.2, 0.25) is 10.0 Å². The van der Waals surface area contributed by atoms with Gasteiger partial charge in [-0.3, -0.25) is 4.99 Å². The molecule has 0 radical (unpaired) electrons. The van der Waals surface area contributed by atoms with Crippen LogP contribution in [0.15, 0.2) is 4.99 Å². The van der Waals surface area contributed by atoms with E-state index >= 15 is 0 Å². The van der Waals surface area contributed by atoms with E-state index in [1.54, 1.807) is 0 Å². The Labute approximate surface area is 127 Å². The molecular formula is C13H26N4O3S. The zero-order chi connectivity index (χ0) is 15.5. The van der Waals surface area contributed by atoms with Crippen LogP contribution in [0.25, 0.3) is 0 Å². The quantitative estimate of drug-likeness (QED) is 0.550. The molecular weight excluding hydrogens is 292 g/mol. The van der Waals surface area contributed by atoms with Crippen molar-refractivity contribution in [2.24, 2.45) is 16.6 Å². The van der Waals surface area contributed by atoms with E-state index in [-0.39, 0.29) is 18.1 Å². The van der Waals surface area contributed by atoms with Crippen LogP contribution in [0.2, 0.25) is 0 Å². The summed E-state index contributed by atoms with van der Waals surface area (Å²) in [6, 6.07) is -0.0137. The molecule has 1 aliphatic heterocycles. The Morgan fingerprint density at radius 1 is 1.48 bits per heavy atom. The first kappa shape index (κ1) is 16.5. The average molecular weight is 318 g/mol. The summed E-state index contributed by atoms with van der Waals surface area (Å²) >= 11 is 0. The molecule has 3 unspecified atom stereocenters. The first-order chi connectivity index (χ1) is 9.85. The Morgan fingerprint density at radius 3 is 2.90 bits per heavy atom. The second-order valence-corrected chi connectivity index (χ2v) is 7.79. The van der Waals surface area contributed by atoms with E-state index in [9.17, 15) is 8.42 Å². The van der Waals surface area contributed by atoms with Crippen molar-refractivity contribution < 1.29 is 13.2 Å². The largest absolute Gasteiger partial charge is 0.375 e. The monoisotopic (exact) mass is 318 g/mol. The van der Waals surface area contributed by atoms with Crippen LogP contribution in [0, 0.1) is 5.92 Å². The molecule has 2 fully saturated rings. The zero-order valence-electron chi connectivity index (χ0n) is 12.8. The number of nitrogens with zero attached hydrogens (tertiary/aromatic N) is 2. The highest BCUT2D eigenvalue weighted by molar-refractivity contribution is 7.88. The summed E-state index contributed by atoms with van der Waals surface area (Å²) in [6.45, 7) is 4.77. The maximum atomic E-state index is 11.4. The molecule has 0 bridgehead atoms. The Kier molecular flexibility index (Phi) is 5.45. The van der Waals surface area contributed by atoms with Crippen molar-refractivity contribution in [2.75, 3.05) is 32.5 Å². The van der Waals surface area contributed by atoms with E-state index in [2.05, 4.69) is 9.71 Å². The average Bonchev–Trinajstić information content (AvgIpc) is 2.81. The minimum Gasteiger partial charge on any atom is -0.375 e. The lowest BCUT2D eigenvalue weighted by Gasteiger charge is -2.32. The number of aliphatic imine (C=N–C) groups is 1. The summed E-state index contributed by atoms with van der Waals surface area (Å²) in [5.74, 6) is 0.770. The zero-order valence-corrected chi connectivity index (χ0v) is 13.6. The summed E-state index contributed by atoms with van der Waals surface area (Å²) in [5, 5.41) is 0. The Bertz CT molecular complexity index is 480. The molecule has 1 heterocycles. The second kappa shape index (κ2) is 6.93. The number of ether oxygens (including phenoxy) is 1. The van der Waals surface area contributed by atoms with Gasteiger partial charge in [-0.15, -0.1) is 0 Å². The molecule has 2 rings (SSSR count). The predicted molar refractivity (Wildman–Crippen MR) is 82.6 cm³/mol. The van der Waals surface area contributed by atoms with Gasteiger partial charge in [0.05, 0.1) is 19.0 Å². The lowest BCUT2D eigenvalue weighted by molar-refractivity contribution is 0.00527. The molecule has 0 spiro atoms. The van der Waals surface area contributed by atoms with Gasteiger partial charge in [0.25, 0.3) is 0 Å². The van der Waals surface area contributed by atoms with Gasteiger partial charge in [0.1, 0.15) is 0 Å². The molecule has 1 aliphatic carbocycles. The molecule has 2 aliphatic rings. The molecule has 21 heavy (non-hydrogen) atoms. The summed E-state index contributed by atoms with van der Waals surface area (Å²) in [7, 11) is -3.16. The van der Waals surface area contributed by atoms with Crippen LogP contribution in [-0.2, 0) is 14.8 Å². The van der Waals surface area contributed by atoms with Crippen molar-refractivity contribution in [3.63, 3.8) is 0 Å². The minimum atomic E-state index is -3.16. The Morgan fingerprint density at radius 2 is 2.24 bits per heavy atom. The van der Waals surface area contributed by atoms with E-state index < -0.39 is 10.0 Å². The van der Waals surface area contributed by atoms with E-state index in [1.807, 2.05) is 11.8 Å². The highest BCUT2D eigenvalue weighted by Crippen LogP contribution is 2.26. The molecule has 0 aromatic carbocycles. The van der Waals surface area contributed by atoms with Crippen LogP contribution in [0.1, 0.15) is 26.2 Å². The molecule has 3 atom stereocenters. The third-order valence-electron chi connectivity index (χ3n) is 4.08. The van der Waals surface area contributed by atoms with Crippen LogP contribution < -0.4 is 10.5 Å². The van der Waals surface area contributed by atoms with Crippen molar-refractivity contribution in [1.29, 1.82) is 0 Å². The number of guanidine groups is 1. The van der Waals surface area contributed by atoms with Gasteiger partial charge < -0.3 is 15.4 Å². The summed E-state index contributed by atoms with van der Waals surface area (Å²) < 4.78 is 30.9. The molecule has 0 amide bonds. The van der Waals surface area contributed by atoms with Crippen LogP contribution in [0.4, 0.5) is 0 Å². The summed E-state index contributed by atoms with van der Waals surface area (Å²) in [6.07, 6.45) is 4.26. The standard InChI is InChI=1S/C13H26N4O3S/c1-10-9-17(6-7-20-10)13(14)15-8-11-4-3-5-12(11)16-21(2,18)19/h10-12,16H,3-9H2,1-2H3,(H2,14,15). The molecule has 122 valence electrons. The number of nitrogens with one attached hydrogen (secondary N) is 1. The number of hydrogen-bond acceptors (Lipinski definition) is 4. The van der Waals surface area contributed by atoms with Crippen LogP contribution >= 0.6 is 0 Å². The van der Waals surface area contributed by atoms with Gasteiger partial charge in [-0.25, -0.2) is 13.1 Å². The molecule has 1 saturated carbocycles. The van der Waals surface area contributed by atoms with Crippen molar-refractivity contribution in [3.05, 3.63) is 0 Å². The fourth-order valence-electron chi connectivity index (χ4n) is 3.02. The maximum Gasteiger partial charge on any atom is 0.208 e. The van der Waals surface area contributed by atoms with Crippen LogP contribution in [-0.4, -0.2) is 63.9 Å². The molecule has 7 nitrogen and oxygen atoms in total. The van der Waals surface area contributed by atoms with Gasteiger partial charge in [0, 0.05) is 25.7 Å². The number of nitrogens with two attached hydrogens (primary N) is 1. The lowest BCUT2D eigenvalue weighted by Crippen LogP contribution is -2.48. The van der Waals surface area contributed by atoms with Crippen LogP contribution in [0.3, 0.4) is 0 Å². The van der Waals surface area contributed by atoms with Gasteiger partial charge in [0.15, 0.2) is 5.96 Å². The molecule has 1 saturated heterocycles. The van der Waals surface area contributed by atoms with E-state index in [0.717, 1.165) is 32.4 Å². The highest BCUT2D eigenvalue weighted by atomic mass is 32.2. The third kappa shape index (κ3) is 5.12. The van der Waals surface area contributed by atoms with E-state index in [1.165, 1.54) is 6.26 Å². The number of sulfonamides is 1. The van der Waals surface area contributed by atoms with Crippen molar-refractivity contribution >= 4 is 16.0 Å². The summed E-state index contributed by atoms with van der Waals surface area (Å²) in [5.41, 5.74) is 6.04. The fourth-order valence-corrected chi connectivity index (χ4v) is 3.88. The number of hydrogen-bond donors (Lipinski definition) is 2. The topological polar surface area (TPSA) is 97.0 Å². The molecule has 8 heteroatoms. The highest BCUT2D eigenvalue weighted by Gasteiger charge is 2.29. The fraction of sp³-hybridized carbons (Fsp3) is 0.923. The van der Waals surface area contributed by atoms with Gasteiger partial charge >= 0.3 is 0 Å². The third-order valence-corrected chi connectivity index (χ3v) is 4.81.